The van der Waals surface area contributed by atoms with Crippen molar-refractivity contribution in [3.8, 4) is 0 Å². The van der Waals surface area contributed by atoms with Crippen molar-refractivity contribution >= 4 is 19.2 Å². The molecule has 1 atom stereocenters. The minimum absolute atomic E-state index is 0.139. The number of carbonyl (C=O) groups is 2. The number of esters is 1. The van der Waals surface area contributed by atoms with Crippen molar-refractivity contribution in [2.75, 3.05) is 7.11 Å². The van der Waals surface area contributed by atoms with Gasteiger partial charge in [0.2, 0.25) is 0 Å². The summed E-state index contributed by atoms with van der Waals surface area (Å²) in [5.41, 5.74) is 0.681. The van der Waals surface area contributed by atoms with E-state index in [0.29, 0.717) is 6.42 Å². The number of ether oxygens (including phenoxy) is 2. The van der Waals surface area contributed by atoms with Crippen molar-refractivity contribution in [2.45, 2.75) is 95.9 Å². The summed E-state index contributed by atoms with van der Waals surface area (Å²) in [5, 5.41) is 2.48. The van der Waals surface area contributed by atoms with Crippen LogP contribution in [0.2, 0.25) is 0 Å². The van der Waals surface area contributed by atoms with E-state index in [2.05, 4.69) is 45.1 Å². The largest absolute Gasteiger partial charge is 0.469 e. The quantitative estimate of drug-likeness (QED) is 0.527. The number of amides is 1. The number of carbonyl (C=O) groups excluding carboxylic acids is 2. The van der Waals surface area contributed by atoms with E-state index < -0.39 is 23.7 Å². The summed E-state index contributed by atoms with van der Waals surface area (Å²) < 4.78 is 22.8. The van der Waals surface area contributed by atoms with Gasteiger partial charge in [-0.1, -0.05) is 24.3 Å². The van der Waals surface area contributed by atoms with Gasteiger partial charge in [-0.25, -0.2) is 9.59 Å². The number of benzene rings is 1. The molecule has 1 saturated heterocycles. The average molecular weight is 445 g/mol. The molecule has 0 aromatic heterocycles. The monoisotopic (exact) mass is 445 g/mol. The smallest absolute Gasteiger partial charge is 0.467 e. The van der Waals surface area contributed by atoms with Crippen molar-refractivity contribution < 1.29 is 28.4 Å². The third-order valence-corrected chi connectivity index (χ3v) is 6.64. The molecule has 0 bridgehead atoms. The fourth-order valence-electron chi connectivity index (χ4n) is 3.86. The predicted octanol–water partition coefficient (Wildman–Crippen LogP) is 3.96. The van der Waals surface area contributed by atoms with E-state index in [-0.39, 0.29) is 23.6 Å². The van der Waals surface area contributed by atoms with Crippen LogP contribution in [0.4, 0.5) is 4.79 Å². The Bertz CT molecular complexity index is 838. The second-order valence-electron chi connectivity index (χ2n) is 10.9. The van der Waals surface area contributed by atoms with Gasteiger partial charge in [-0.3, -0.25) is 0 Å². The number of nitrogens with one attached hydrogen (secondary N) is 1. The number of hydrogen-bond acceptors (Lipinski definition) is 6. The Kier molecular flexibility index (Phi) is 6.44. The van der Waals surface area contributed by atoms with Crippen LogP contribution in [0.15, 0.2) is 24.3 Å². The van der Waals surface area contributed by atoms with E-state index in [1.54, 1.807) is 20.8 Å². The molecule has 1 amide bonds. The van der Waals surface area contributed by atoms with Crippen LogP contribution in [0.25, 0.3) is 0 Å². The maximum absolute atomic E-state index is 12.2. The van der Waals surface area contributed by atoms with Gasteiger partial charge in [0.1, 0.15) is 11.6 Å². The van der Waals surface area contributed by atoms with Gasteiger partial charge in [0.05, 0.1) is 18.3 Å². The molecule has 8 heteroatoms. The Labute approximate surface area is 191 Å². The van der Waals surface area contributed by atoms with Crippen LogP contribution >= 0.6 is 0 Å². The lowest BCUT2D eigenvalue weighted by atomic mass is 9.64. The third kappa shape index (κ3) is 5.12. The fraction of sp³-hybridized carbons (Fsp3) is 0.667. The lowest BCUT2D eigenvalue weighted by Crippen LogP contribution is -2.45. The first-order chi connectivity index (χ1) is 14.7. The fourth-order valence-corrected chi connectivity index (χ4v) is 3.86. The topological polar surface area (TPSA) is 83.1 Å². The SMILES string of the molecule is COC(=O)[C@H](Cc1ccc(C2(B3OC(C)(C)C(C)(C)O3)CC2)cc1)NC(=O)OC(C)(C)C. The standard InChI is InChI=1S/C24H36BNO6/c1-21(2,3)30-20(28)26-18(19(27)29-8)15-16-9-11-17(12-10-16)24(13-14-24)25-31-22(4,5)23(6,7)32-25/h9-12,18H,13-15H2,1-8H3,(H,26,28)/t18-/m0/s1. The molecule has 0 radical (unpaired) electrons. The molecule has 3 rings (SSSR count). The third-order valence-electron chi connectivity index (χ3n) is 6.64. The summed E-state index contributed by atoms with van der Waals surface area (Å²) >= 11 is 0. The predicted molar refractivity (Wildman–Crippen MR) is 122 cm³/mol. The van der Waals surface area contributed by atoms with E-state index in [9.17, 15) is 9.59 Å². The Morgan fingerprint density at radius 2 is 1.59 bits per heavy atom. The Balaban J connectivity index is 1.70. The zero-order chi connectivity index (χ0) is 23.9. The molecule has 0 spiro atoms. The molecule has 32 heavy (non-hydrogen) atoms. The first kappa shape index (κ1) is 24.6. The maximum atomic E-state index is 12.2. The molecule has 1 N–H and O–H groups in total. The van der Waals surface area contributed by atoms with Crippen molar-refractivity contribution in [3.05, 3.63) is 35.4 Å². The molecule has 0 unspecified atom stereocenters. The number of rotatable bonds is 6. The van der Waals surface area contributed by atoms with E-state index in [1.165, 1.54) is 7.11 Å². The first-order valence-electron chi connectivity index (χ1n) is 11.2. The van der Waals surface area contributed by atoms with Crippen molar-refractivity contribution in [2.24, 2.45) is 0 Å². The number of hydrogen-bond donors (Lipinski definition) is 1. The van der Waals surface area contributed by atoms with Crippen molar-refractivity contribution in [3.63, 3.8) is 0 Å². The highest BCUT2D eigenvalue weighted by Crippen LogP contribution is 2.55. The molecular weight excluding hydrogens is 409 g/mol. The minimum atomic E-state index is -0.835. The van der Waals surface area contributed by atoms with E-state index in [0.717, 1.165) is 24.0 Å². The highest BCUT2D eigenvalue weighted by molar-refractivity contribution is 6.51. The summed E-state index contributed by atoms with van der Waals surface area (Å²) in [6, 6.07) is 7.25. The Morgan fingerprint density at radius 3 is 2.03 bits per heavy atom. The minimum Gasteiger partial charge on any atom is -0.467 e. The van der Waals surface area contributed by atoms with Crippen LogP contribution in [0, 0.1) is 0 Å². The van der Waals surface area contributed by atoms with Crippen LogP contribution in [-0.2, 0) is 35.3 Å². The average Bonchev–Trinajstić information content (AvgIpc) is 3.43. The maximum Gasteiger partial charge on any atom is 0.469 e. The molecule has 1 aromatic carbocycles. The zero-order valence-electron chi connectivity index (χ0n) is 20.5. The summed E-state index contributed by atoms with van der Waals surface area (Å²) in [6.07, 6.45) is 1.67. The lowest BCUT2D eigenvalue weighted by Gasteiger charge is -2.32. The second kappa shape index (κ2) is 8.38. The molecule has 1 saturated carbocycles. The van der Waals surface area contributed by atoms with Gasteiger partial charge in [-0.15, -0.1) is 0 Å². The van der Waals surface area contributed by atoms with Gasteiger partial charge >= 0.3 is 19.2 Å². The van der Waals surface area contributed by atoms with Crippen LogP contribution in [0.3, 0.4) is 0 Å². The summed E-state index contributed by atoms with van der Waals surface area (Å²) in [6.45, 7) is 13.6. The number of methoxy groups -OCH3 is 1. The number of alkyl carbamates (subject to hydrolysis) is 1. The molecule has 1 aromatic rings. The van der Waals surface area contributed by atoms with Gasteiger partial charge in [-0.2, -0.15) is 0 Å². The van der Waals surface area contributed by atoms with Gasteiger partial charge < -0.3 is 24.1 Å². The normalized spacial score (nSPS) is 21.6. The van der Waals surface area contributed by atoms with Gasteiger partial charge in [-0.05, 0) is 72.4 Å². The molecule has 176 valence electrons. The molecule has 1 aliphatic carbocycles. The molecule has 1 heterocycles. The van der Waals surface area contributed by atoms with E-state index in [4.69, 9.17) is 18.8 Å². The molecule has 2 aliphatic rings. The first-order valence-corrected chi connectivity index (χ1v) is 11.2. The van der Waals surface area contributed by atoms with Crippen molar-refractivity contribution in [1.82, 2.24) is 5.32 Å². The Hall–Kier alpha value is -2.06. The van der Waals surface area contributed by atoms with Crippen LogP contribution < -0.4 is 5.32 Å². The molecule has 2 fully saturated rings. The van der Waals surface area contributed by atoms with Crippen LogP contribution in [-0.4, -0.2) is 49.1 Å². The van der Waals surface area contributed by atoms with Crippen LogP contribution in [0.5, 0.6) is 0 Å². The summed E-state index contributed by atoms with van der Waals surface area (Å²) in [7, 11) is 1.02. The zero-order valence-corrected chi connectivity index (χ0v) is 20.5. The molecule has 1 aliphatic heterocycles. The van der Waals surface area contributed by atoms with Crippen molar-refractivity contribution in [1.29, 1.82) is 0 Å². The van der Waals surface area contributed by atoms with E-state index >= 15 is 0 Å². The molecular formula is C24H36BNO6. The second-order valence-corrected chi connectivity index (χ2v) is 10.9. The van der Waals surface area contributed by atoms with Crippen LogP contribution in [0.1, 0.15) is 72.4 Å². The molecule has 7 nitrogen and oxygen atoms in total. The van der Waals surface area contributed by atoms with E-state index in [1.807, 2.05) is 12.1 Å². The van der Waals surface area contributed by atoms with Gasteiger partial charge in [0, 0.05) is 11.7 Å². The summed E-state index contributed by atoms with van der Waals surface area (Å²) in [5.74, 6) is -0.518. The summed E-state index contributed by atoms with van der Waals surface area (Å²) in [4.78, 5) is 24.4. The highest BCUT2D eigenvalue weighted by Gasteiger charge is 2.65. The van der Waals surface area contributed by atoms with Gasteiger partial charge in [0.15, 0.2) is 0 Å². The Morgan fingerprint density at radius 1 is 1.06 bits per heavy atom. The van der Waals surface area contributed by atoms with Gasteiger partial charge in [0.25, 0.3) is 0 Å². The highest BCUT2D eigenvalue weighted by atomic mass is 16.7. The lowest BCUT2D eigenvalue weighted by molar-refractivity contribution is -0.143.